The molecule has 0 saturated heterocycles. The van der Waals surface area contributed by atoms with E-state index in [9.17, 15) is 8.42 Å². The third kappa shape index (κ3) is 3.96. The molecule has 6 nitrogen and oxygen atoms in total. The molecule has 0 radical (unpaired) electrons. The minimum Gasteiger partial charge on any atom is -0.497 e. The lowest BCUT2D eigenvalue weighted by molar-refractivity contribution is 0.334. The van der Waals surface area contributed by atoms with Gasteiger partial charge in [0.2, 0.25) is 0 Å². The molecule has 0 aromatic heterocycles. The van der Waals surface area contributed by atoms with Gasteiger partial charge < -0.3 is 4.74 Å². The first kappa shape index (κ1) is 15.0. The Kier molecular flexibility index (Phi) is 4.89. The van der Waals surface area contributed by atoms with Gasteiger partial charge in [0.05, 0.1) is 12.4 Å². The summed E-state index contributed by atoms with van der Waals surface area (Å²) in [4.78, 5) is 0. The summed E-state index contributed by atoms with van der Waals surface area (Å²) < 4.78 is 32.3. The van der Waals surface area contributed by atoms with Gasteiger partial charge in [-0.2, -0.15) is 13.7 Å². The van der Waals surface area contributed by atoms with Gasteiger partial charge in [-0.05, 0) is 38.1 Å². The normalized spacial score (nSPS) is 12.1. The van der Waals surface area contributed by atoms with E-state index in [0.717, 1.165) is 0 Å². The lowest BCUT2D eigenvalue weighted by Crippen LogP contribution is -2.15. The number of benzene rings is 1. The van der Waals surface area contributed by atoms with Gasteiger partial charge in [0.1, 0.15) is 11.8 Å². The summed E-state index contributed by atoms with van der Waals surface area (Å²) in [6.45, 7) is 2.93. The molecule has 0 aliphatic rings. The van der Waals surface area contributed by atoms with E-state index in [1.165, 1.54) is 21.0 Å². The Morgan fingerprint density at radius 3 is 2.32 bits per heavy atom. The second-order valence-corrected chi connectivity index (χ2v) is 5.97. The highest BCUT2D eigenvalue weighted by atomic mass is 32.2. The van der Waals surface area contributed by atoms with E-state index in [0.29, 0.717) is 11.3 Å². The first-order chi connectivity index (χ1) is 8.90. The van der Waals surface area contributed by atoms with Gasteiger partial charge in [0.15, 0.2) is 5.71 Å². The maximum absolute atomic E-state index is 11.4. The zero-order valence-electron chi connectivity index (χ0n) is 10.8. The topological polar surface area (TPSA) is 88.8 Å². The summed E-state index contributed by atoms with van der Waals surface area (Å²) >= 11 is 0. The highest BCUT2D eigenvalue weighted by Crippen LogP contribution is 2.13. The molecule has 0 heterocycles. The number of ether oxygens (including phenoxy) is 1. The molecule has 0 atom stereocenters. The molecule has 0 aliphatic carbocycles. The quantitative estimate of drug-likeness (QED) is 0.605. The van der Waals surface area contributed by atoms with Gasteiger partial charge >= 0.3 is 10.1 Å². The van der Waals surface area contributed by atoms with Crippen molar-refractivity contribution in [2.45, 2.75) is 19.1 Å². The van der Waals surface area contributed by atoms with Crippen LogP contribution in [0.15, 0.2) is 29.4 Å². The van der Waals surface area contributed by atoms with Crippen LogP contribution in [0.25, 0.3) is 0 Å². The number of hydrogen-bond donors (Lipinski definition) is 0. The molecule has 0 amide bonds. The zero-order valence-corrected chi connectivity index (χ0v) is 11.6. The smallest absolute Gasteiger partial charge is 0.330 e. The molecule has 1 rings (SSSR count). The van der Waals surface area contributed by atoms with Gasteiger partial charge in [0.25, 0.3) is 0 Å². The van der Waals surface area contributed by atoms with Crippen molar-refractivity contribution in [2.24, 2.45) is 5.16 Å². The van der Waals surface area contributed by atoms with E-state index < -0.39 is 15.4 Å². The van der Waals surface area contributed by atoms with Crippen LogP contribution in [0.3, 0.4) is 0 Å². The largest absolute Gasteiger partial charge is 0.497 e. The summed E-state index contributed by atoms with van der Waals surface area (Å²) in [5.41, 5.74) is 0.328. The van der Waals surface area contributed by atoms with Gasteiger partial charge in [0, 0.05) is 5.56 Å². The Labute approximate surface area is 112 Å². The molecule has 0 unspecified atom stereocenters. The van der Waals surface area contributed by atoms with Crippen LogP contribution in [0.1, 0.15) is 19.4 Å². The van der Waals surface area contributed by atoms with Crippen LogP contribution in [-0.2, 0) is 14.4 Å². The third-order valence-corrected chi connectivity index (χ3v) is 3.72. The fourth-order valence-corrected chi connectivity index (χ4v) is 1.41. The molecule has 0 spiro atoms. The second kappa shape index (κ2) is 6.20. The van der Waals surface area contributed by atoms with Gasteiger partial charge in [-0.25, -0.2) is 0 Å². The standard InChI is InChI=1S/C12H14N2O4S/c1-9(2)19(15,16)18-14-12(8-13)10-4-6-11(17-3)7-5-10/h4-7,9H,1-3H3/b14-12+. The van der Waals surface area contributed by atoms with E-state index in [4.69, 9.17) is 10.00 Å². The van der Waals surface area contributed by atoms with Crippen molar-refractivity contribution in [3.8, 4) is 11.8 Å². The fraction of sp³-hybridized carbons (Fsp3) is 0.333. The maximum atomic E-state index is 11.4. The van der Waals surface area contributed by atoms with E-state index in [-0.39, 0.29) is 5.71 Å². The summed E-state index contributed by atoms with van der Waals surface area (Å²) in [5, 5.41) is 11.6. The van der Waals surface area contributed by atoms with Gasteiger partial charge in [-0.1, -0.05) is 5.16 Å². The average Bonchev–Trinajstić information content (AvgIpc) is 2.40. The van der Waals surface area contributed by atoms with Crippen molar-refractivity contribution in [2.75, 3.05) is 7.11 Å². The molecule has 0 fully saturated rings. The van der Waals surface area contributed by atoms with Crippen LogP contribution in [0.5, 0.6) is 5.75 Å². The molecule has 1 aromatic rings. The third-order valence-electron chi connectivity index (χ3n) is 2.28. The number of nitrogens with zero attached hydrogens (tertiary/aromatic N) is 2. The molecule has 0 saturated carbocycles. The second-order valence-electron chi connectivity index (χ2n) is 3.90. The predicted octanol–water partition coefficient (Wildman–Crippen LogP) is 1.68. The Morgan fingerprint density at radius 1 is 1.32 bits per heavy atom. The zero-order chi connectivity index (χ0) is 14.5. The average molecular weight is 282 g/mol. The fourth-order valence-electron chi connectivity index (χ4n) is 1.06. The van der Waals surface area contributed by atoms with Crippen LogP contribution in [-0.4, -0.2) is 26.5 Å². The molecule has 0 N–H and O–H groups in total. The summed E-state index contributed by atoms with van der Waals surface area (Å²) in [6.07, 6.45) is 0. The van der Waals surface area contributed by atoms with Crippen LogP contribution >= 0.6 is 0 Å². The number of nitriles is 1. The van der Waals surface area contributed by atoms with E-state index >= 15 is 0 Å². The van der Waals surface area contributed by atoms with E-state index in [2.05, 4.69) is 9.44 Å². The number of rotatable bonds is 5. The predicted molar refractivity (Wildman–Crippen MR) is 70.3 cm³/mol. The van der Waals surface area contributed by atoms with Crippen molar-refractivity contribution in [1.29, 1.82) is 5.26 Å². The molecular formula is C12H14N2O4S. The lowest BCUT2D eigenvalue weighted by Gasteiger charge is -2.05. The first-order valence-corrected chi connectivity index (χ1v) is 6.93. The van der Waals surface area contributed by atoms with Crippen LogP contribution in [0.4, 0.5) is 0 Å². The lowest BCUT2D eigenvalue weighted by atomic mass is 10.1. The van der Waals surface area contributed by atoms with Crippen LogP contribution in [0.2, 0.25) is 0 Å². The van der Waals surface area contributed by atoms with Crippen molar-refractivity contribution in [1.82, 2.24) is 0 Å². The highest BCUT2D eigenvalue weighted by Gasteiger charge is 2.18. The Bertz CT molecular complexity index is 598. The SMILES string of the molecule is COc1ccc(/C(C#N)=N/OS(=O)(=O)C(C)C)cc1. The molecular weight excluding hydrogens is 268 g/mol. The maximum Gasteiger partial charge on any atom is 0.330 e. The Balaban J connectivity index is 2.98. The van der Waals surface area contributed by atoms with E-state index in [1.54, 1.807) is 30.3 Å². The molecule has 7 heteroatoms. The molecule has 0 aliphatic heterocycles. The highest BCUT2D eigenvalue weighted by molar-refractivity contribution is 7.87. The summed E-state index contributed by atoms with van der Waals surface area (Å²) in [6, 6.07) is 8.24. The minimum atomic E-state index is -3.79. The number of methoxy groups -OCH3 is 1. The van der Waals surface area contributed by atoms with Gasteiger partial charge in [-0.3, -0.25) is 4.28 Å². The number of hydrogen-bond acceptors (Lipinski definition) is 6. The van der Waals surface area contributed by atoms with Gasteiger partial charge in [-0.15, -0.1) is 0 Å². The molecule has 102 valence electrons. The van der Waals surface area contributed by atoms with Crippen LogP contribution in [0, 0.1) is 11.3 Å². The molecule has 0 bridgehead atoms. The molecule has 19 heavy (non-hydrogen) atoms. The van der Waals surface area contributed by atoms with Crippen LogP contribution < -0.4 is 4.74 Å². The molecule has 1 aromatic carbocycles. The Morgan fingerprint density at radius 2 is 1.89 bits per heavy atom. The van der Waals surface area contributed by atoms with Crippen molar-refractivity contribution >= 4 is 15.8 Å². The summed E-state index contributed by atoms with van der Waals surface area (Å²) in [5.74, 6) is 0.622. The van der Waals surface area contributed by atoms with Crippen molar-refractivity contribution in [3.63, 3.8) is 0 Å². The first-order valence-electron chi connectivity index (χ1n) is 5.45. The monoisotopic (exact) mass is 282 g/mol. The minimum absolute atomic E-state index is 0.119. The van der Waals surface area contributed by atoms with Crippen molar-refractivity contribution in [3.05, 3.63) is 29.8 Å². The van der Waals surface area contributed by atoms with Crippen molar-refractivity contribution < 1.29 is 17.4 Å². The number of oxime groups is 1. The Hall–Kier alpha value is -2.07. The van der Waals surface area contributed by atoms with E-state index in [1.807, 2.05) is 0 Å². The summed E-state index contributed by atoms with van der Waals surface area (Å²) in [7, 11) is -2.27.